The largest absolute Gasteiger partial charge is 0.391 e. The summed E-state index contributed by atoms with van der Waals surface area (Å²) in [4.78, 5) is 26.9. The van der Waals surface area contributed by atoms with Crippen LogP contribution in [0.5, 0.6) is 0 Å². The Balaban J connectivity index is 1.98. The molecule has 0 saturated heterocycles. The second kappa shape index (κ2) is 16.7. The van der Waals surface area contributed by atoms with Crippen molar-refractivity contribution in [2.75, 3.05) is 30.2 Å². The van der Waals surface area contributed by atoms with Gasteiger partial charge in [-0.15, -0.1) is 0 Å². The van der Waals surface area contributed by atoms with Gasteiger partial charge in [-0.2, -0.15) is 0 Å². The number of hydrogen-bond donors (Lipinski definition) is 4. The summed E-state index contributed by atoms with van der Waals surface area (Å²) in [5.41, 5.74) is 3.75. The number of hydrogen-bond acceptors (Lipinski definition) is 6. The Morgan fingerprint density at radius 2 is 1.86 bits per heavy atom. The SMILES string of the molecule is CCC[C@H](O)[C@H](NC[C@@H]1Cc2cccc(c2)CC/C=C\c2cc(cc(N(CCC)S(C)(=O)=O)c2)C(=O)N1)C(=O)NCC(C)C. The number of allylic oxidation sites excluding steroid dienone is 1. The number of rotatable bonds is 13. The molecule has 0 unspecified atom stereocenters. The summed E-state index contributed by atoms with van der Waals surface area (Å²) in [5.74, 6) is -0.350. The topological polar surface area (TPSA) is 128 Å². The molecule has 4 N–H and O–H groups in total. The number of sulfonamides is 1. The Morgan fingerprint density at radius 3 is 2.55 bits per heavy atom. The molecule has 10 heteroatoms. The summed E-state index contributed by atoms with van der Waals surface area (Å²) in [6.07, 6.45) is 8.19. The van der Waals surface area contributed by atoms with Crippen LogP contribution >= 0.6 is 0 Å². The minimum Gasteiger partial charge on any atom is -0.391 e. The van der Waals surface area contributed by atoms with Crippen molar-refractivity contribution in [3.05, 3.63) is 70.8 Å². The molecular weight excluding hydrogens is 576 g/mol. The van der Waals surface area contributed by atoms with Gasteiger partial charge in [-0.1, -0.05) is 70.5 Å². The Hall–Kier alpha value is -3.21. The summed E-state index contributed by atoms with van der Waals surface area (Å²) in [5, 5.41) is 20.2. The van der Waals surface area contributed by atoms with E-state index in [4.69, 9.17) is 0 Å². The number of benzene rings is 2. The van der Waals surface area contributed by atoms with E-state index in [9.17, 15) is 23.1 Å². The number of anilines is 1. The molecule has 1 heterocycles. The number of nitrogens with one attached hydrogen (secondary N) is 3. The van der Waals surface area contributed by atoms with Gasteiger partial charge in [-0.25, -0.2) is 8.42 Å². The number of aryl methyl sites for hydroxylation is 1. The van der Waals surface area contributed by atoms with E-state index >= 15 is 0 Å². The van der Waals surface area contributed by atoms with E-state index in [0.717, 1.165) is 30.4 Å². The van der Waals surface area contributed by atoms with Gasteiger partial charge in [0, 0.05) is 31.2 Å². The van der Waals surface area contributed by atoms with Crippen molar-refractivity contribution in [1.82, 2.24) is 16.0 Å². The third-order valence-corrected chi connectivity index (χ3v) is 8.75. The van der Waals surface area contributed by atoms with E-state index in [1.165, 1.54) is 16.1 Å². The average Bonchev–Trinajstić information content (AvgIpc) is 2.96. The number of nitrogens with zero attached hydrogens (tertiary/aromatic N) is 1. The Morgan fingerprint density at radius 1 is 1.11 bits per heavy atom. The predicted octanol–water partition coefficient (Wildman–Crippen LogP) is 4.05. The zero-order valence-electron chi connectivity index (χ0n) is 26.8. The van der Waals surface area contributed by atoms with Crippen LogP contribution < -0.4 is 20.3 Å². The molecule has 2 aromatic rings. The van der Waals surface area contributed by atoms with Crippen molar-refractivity contribution >= 4 is 33.6 Å². The molecule has 3 atom stereocenters. The molecule has 1 aliphatic heterocycles. The lowest BCUT2D eigenvalue weighted by molar-refractivity contribution is -0.126. The predicted molar refractivity (Wildman–Crippen MR) is 178 cm³/mol. The summed E-state index contributed by atoms with van der Waals surface area (Å²) in [7, 11) is -3.56. The van der Waals surface area contributed by atoms with Crippen LogP contribution in [0, 0.1) is 5.92 Å². The first-order chi connectivity index (χ1) is 20.9. The lowest BCUT2D eigenvalue weighted by Crippen LogP contribution is -2.55. The fraction of sp³-hybridized carbons (Fsp3) is 0.529. The van der Waals surface area contributed by atoms with Gasteiger partial charge in [0.1, 0.15) is 6.04 Å². The third kappa shape index (κ3) is 10.7. The number of carbonyl (C=O) groups excluding carboxylic acids is 2. The maximum Gasteiger partial charge on any atom is 0.251 e. The number of aliphatic hydroxyl groups is 1. The molecule has 0 saturated carbocycles. The van der Waals surface area contributed by atoms with E-state index in [-0.39, 0.29) is 24.3 Å². The van der Waals surface area contributed by atoms with Gasteiger partial charge in [0.15, 0.2) is 0 Å². The molecule has 2 amide bonds. The second-order valence-corrected chi connectivity index (χ2v) is 14.1. The second-order valence-electron chi connectivity index (χ2n) is 12.2. The molecule has 0 radical (unpaired) electrons. The molecule has 242 valence electrons. The number of aliphatic hydroxyl groups excluding tert-OH is 1. The molecular formula is C34H50N4O5S. The van der Waals surface area contributed by atoms with Gasteiger partial charge in [-0.05, 0) is 72.9 Å². The summed E-state index contributed by atoms with van der Waals surface area (Å²) >= 11 is 0. The van der Waals surface area contributed by atoms with E-state index in [1.54, 1.807) is 18.2 Å². The number of amides is 2. The zero-order chi connectivity index (χ0) is 32.3. The minimum atomic E-state index is -3.56. The van der Waals surface area contributed by atoms with Crippen molar-refractivity contribution in [3.8, 4) is 0 Å². The quantitative estimate of drug-likeness (QED) is 0.266. The van der Waals surface area contributed by atoms with Gasteiger partial charge in [0.25, 0.3) is 5.91 Å². The van der Waals surface area contributed by atoms with Crippen LogP contribution in [0.3, 0.4) is 0 Å². The highest BCUT2D eigenvalue weighted by Gasteiger charge is 2.28. The summed E-state index contributed by atoms with van der Waals surface area (Å²) < 4.78 is 26.7. The first-order valence-corrected chi connectivity index (χ1v) is 17.6. The van der Waals surface area contributed by atoms with Crippen LogP contribution in [0.15, 0.2) is 48.5 Å². The van der Waals surface area contributed by atoms with Crippen molar-refractivity contribution in [2.24, 2.45) is 5.92 Å². The highest BCUT2D eigenvalue weighted by atomic mass is 32.2. The minimum absolute atomic E-state index is 0.244. The maximum atomic E-state index is 13.8. The van der Waals surface area contributed by atoms with E-state index < -0.39 is 28.2 Å². The molecule has 9 nitrogen and oxygen atoms in total. The monoisotopic (exact) mass is 626 g/mol. The smallest absolute Gasteiger partial charge is 0.251 e. The Kier molecular flexibility index (Phi) is 13.4. The first-order valence-electron chi connectivity index (χ1n) is 15.8. The summed E-state index contributed by atoms with van der Waals surface area (Å²) in [6, 6.07) is 12.2. The molecule has 44 heavy (non-hydrogen) atoms. The molecule has 0 aliphatic carbocycles. The fourth-order valence-corrected chi connectivity index (χ4v) is 6.36. The Labute approximate surface area is 263 Å². The van der Waals surface area contributed by atoms with Gasteiger partial charge >= 0.3 is 0 Å². The van der Waals surface area contributed by atoms with Gasteiger partial charge in [0.05, 0.1) is 18.0 Å². The van der Waals surface area contributed by atoms with E-state index in [0.29, 0.717) is 43.6 Å². The third-order valence-electron chi connectivity index (χ3n) is 7.56. The Bertz CT molecular complexity index is 1390. The van der Waals surface area contributed by atoms with Crippen molar-refractivity contribution in [2.45, 2.75) is 84.4 Å². The first kappa shape index (κ1) is 35.3. The van der Waals surface area contributed by atoms with Crippen LogP contribution in [0.25, 0.3) is 6.08 Å². The van der Waals surface area contributed by atoms with Crippen LogP contribution in [0.2, 0.25) is 0 Å². The van der Waals surface area contributed by atoms with Crippen LogP contribution in [-0.4, -0.2) is 69.4 Å². The molecule has 2 aromatic carbocycles. The number of fused-ring (bicyclic) bond motifs is 4. The molecule has 3 rings (SSSR count). The lowest BCUT2D eigenvalue weighted by Gasteiger charge is -2.27. The van der Waals surface area contributed by atoms with Crippen molar-refractivity contribution in [1.29, 1.82) is 0 Å². The highest BCUT2D eigenvalue weighted by molar-refractivity contribution is 7.92. The molecule has 1 aliphatic rings. The molecule has 0 fully saturated rings. The summed E-state index contributed by atoms with van der Waals surface area (Å²) in [6.45, 7) is 8.94. The van der Waals surface area contributed by atoms with Crippen LogP contribution in [-0.2, 0) is 27.7 Å². The maximum absolute atomic E-state index is 13.8. The fourth-order valence-electron chi connectivity index (χ4n) is 5.35. The molecule has 0 spiro atoms. The van der Waals surface area contributed by atoms with Crippen LogP contribution in [0.4, 0.5) is 5.69 Å². The highest BCUT2D eigenvalue weighted by Crippen LogP contribution is 2.24. The van der Waals surface area contributed by atoms with Crippen LogP contribution in [0.1, 0.15) is 80.4 Å². The van der Waals surface area contributed by atoms with E-state index in [2.05, 4.69) is 28.1 Å². The zero-order valence-corrected chi connectivity index (χ0v) is 27.6. The molecule has 0 aromatic heterocycles. The lowest BCUT2D eigenvalue weighted by atomic mass is 9.99. The average molecular weight is 627 g/mol. The van der Waals surface area contributed by atoms with Crippen molar-refractivity contribution in [3.63, 3.8) is 0 Å². The molecule has 4 bridgehead atoms. The van der Waals surface area contributed by atoms with E-state index in [1.807, 2.05) is 52.0 Å². The standard InChI is InChI=1S/C34H50N4O5S/c1-6-11-31(39)32(34(41)36-22-24(3)4)35-23-29-19-26-15-10-14-25(17-26)12-8-9-13-27-18-28(33(40)37-29)21-30(20-27)38(16-7-2)44(5,42)43/h9-10,13-15,17-18,20-21,24,29,31-32,35,39H,6-8,11-12,16,19,22-23H2,1-5H3,(H,36,41)(H,37,40)/b13-9-/t29-,31-,32-/m0/s1. The van der Waals surface area contributed by atoms with Crippen molar-refractivity contribution < 1.29 is 23.1 Å². The van der Waals surface area contributed by atoms with Gasteiger partial charge in [-0.3, -0.25) is 13.9 Å². The van der Waals surface area contributed by atoms with Gasteiger partial charge in [0.2, 0.25) is 15.9 Å². The normalized spacial score (nSPS) is 17.7. The van der Waals surface area contributed by atoms with Gasteiger partial charge < -0.3 is 21.1 Å². The number of carbonyl (C=O) groups is 2.